The maximum absolute atomic E-state index is 12.6. The lowest BCUT2D eigenvalue weighted by Crippen LogP contribution is -2.16. The Morgan fingerprint density at radius 1 is 0.844 bits per heavy atom. The highest BCUT2D eigenvalue weighted by molar-refractivity contribution is 5.93. The van der Waals surface area contributed by atoms with Crippen molar-refractivity contribution in [3.63, 3.8) is 0 Å². The average Bonchev–Trinajstić information content (AvgIpc) is 2.84. The molecule has 0 bridgehead atoms. The van der Waals surface area contributed by atoms with Gasteiger partial charge in [0, 0.05) is 5.56 Å². The van der Waals surface area contributed by atoms with Crippen LogP contribution in [0.25, 0.3) is 23.4 Å². The van der Waals surface area contributed by atoms with Gasteiger partial charge < -0.3 is 10.4 Å². The first kappa shape index (κ1) is 21.2. The van der Waals surface area contributed by atoms with E-state index in [0.29, 0.717) is 17.2 Å². The second-order valence-electron chi connectivity index (χ2n) is 7.30. The van der Waals surface area contributed by atoms with Crippen LogP contribution in [-0.2, 0) is 17.8 Å². The summed E-state index contributed by atoms with van der Waals surface area (Å²) < 4.78 is 0. The van der Waals surface area contributed by atoms with E-state index in [4.69, 9.17) is 4.98 Å². The van der Waals surface area contributed by atoms with E-state index < -0.39 is 0 Å². The highest BCUT2D eigenvalue weighted by atomic mass is 16.3. The fourth-order valence-corrected chi connectivity index (χ4v) is 3.23. The second kappa shape index (κ2) is 10.3. The first-order valence-corrected chi connectivity index (χ1v) is 10.4. The highest BCUT2D eigenvalue weighted by Crippen LogP contribution is 2.22. The molecule has 3 aromatic carbocycles. The SMILES string of the molecule is O=C(Cc1ccccc1)Nc1ncc(-c2ccc(CO)cc2)nc1/C=C/c1ccccc1. The summed E-state index contributed by atoms with van der Waals surface area (Å²) in [5.41, 5.74) is 4.91. The van der Waals surface area contributed by atoms with E-state index in [-0.39, 0.29) is 18.9 Å². The molecule has 5 nitrogen and oxygen atoms in total. The molecule has 1 aromatic heterocycles. The molecule has 0 atom stereocenters. The van der Waals surface area contributed by atoms with Crippen LogP contribution >= 0.6 is 0 Å². The maximum Gasteiger partial charge on any atom is 0.230 e. The molecule has 0 saturated carbocycles. The van der Waals surface area contributed by atoms with Gasteiger partial charge in [-0.05, 0) is 22.8 Å². The third-order valence-electron chi connectivity index (χ3n) is 4.93. The number of nitrogens with zero attached hydrogens (tertiary/aromatic N) is 2. The molecule has 1 amide bonds. The van der Waals surface area contributed by atoms with Crippen molar-refractivity contribution in [3.05, 3.63) is 114 Å². The molecule has 158 valence electrons. The number of aromatic nitrogens is 2. The minimum absolute atomic E-state index is 0.0105. The van der Waals surface area contributed by atoms with Gasteiger partial charge in [-0.2, -0.15) is 0 Å². The topological polar surface area (TPSA) is 75.1 Å². The number of aliphatic hydroxyl groups excluding tert-OH is 1. The third kappa shape index (κ3) is 5.53. The minimum atomic E-state index is -0.153. The fourth-order valence-electron chi connectivity index (χ4n) is 3.23. The van der Waals surface area contributed by atoms with Crippen molar-refractivity contribution < 1.29 is 9.90 Å². The summed E-state index contributed by atoms with van der Waals surface area (Å²) in [6.07, 6.45) is 5.70. The molecule has 0 spiro atoms. The quantitative estimate of drug-likeness (QED) is 0.441. The molecule has 5 heteroatoms. The zero-order valence-corrected chi connectivity index (χ0v) is 17.5. The van der Waals surface area contributed by atoms with Gasteiger partial charge in [0.05, 0.1) is 24.9 Å². The van der Waals surface area contributed by atoms with Crippen molar-refractivity contribution in [1.82, 2.24) is 9.97 Å². The van der Waals surface area contributed by atoms with Gasteiger partial charge in [-0.25, -0.2) is 9.97 Å². The van der Waals surface area contributed by atoms with Crippen LogP contribution in [-0.4, -0.2) is 21.0 Å². The molecule has 0 fully saturated rings. The lowest BCUT2D eigenvalue weighted by Gasteiger charge is -2.10. The molecule has 1 heterocycles. The van der Waals surface area contributed by atoms with Gasteiger partial charge in [0.2, 0.25) is 5.91 Å². The highest BCUT2D eigenvalue weighted by Gasteiger charge is 2.11. The third-order valence-corrected chi connectivity index (χ3v) is 4.93. The molecule has 0 aliphatic carbocycles. The van der Waals surface area contributed by atoms with Crippen LogP contribution in [0.1, 0.15) is 22.4 Å². The van der Waals surface area contributed by atoms with Crippen LogP contribution in [0.4, 0.5) is 5.82 Å². The van der Waals surface area contributed by atoms with Gasteiger partial charge in [0.1, 0.15) is 5.69 Å². The van der Waals surface area contributed by atoms with E-state index in [9.17, 15) is 9.90 Å². The van der Waals surface area contributed by atoms with Crippen LogP contribution in [0.2, 0.25) is 0 Å². The summed E-state index contributed by atoms with van der Waals surface area (Å²) in [5, 5.41) is 12.2. The van der Waals surface area contributed by atoms with Crippen molar-refractivity contribution in [2.75, 3.05) is 5.32 Å². The summed E-state index contributed by atoms with van der Waals surface area (Å²) >= 11 is 0. The van der Waals surface area contributed by atoms with Crippen LogP contribution in [0.5, 0.6) is 0 Å². The Balaban J connectivity index is 1.63. The standard InChI is InChI=1S/C27H23N3O2/c31-19-22-11-14-23(15-12-22)25-18-28-27(30-26(32)17-21-9-5-2-6-10-21)24(29-25)16-13-20-7-3-1-4-8-20/h1-16,18,31H,17,19H2,(H,28,30,32)/b16-13+. The van der Waals surface area contributed by atoms with E-state index in [1.54, 1.807) is 6.20 Å². The van der Waals surface area contributed by atoms with E-state index in [1.807, 2.05) is 97.1 Å². The molecule has 0 aliphatic rings. The number of anilines is 1. The first-order valence-electron chi connectivity index (χ1n) is 10.4. The predicted octanol–water partition coefficient (Wildman–Crippen LogP) is 4.99. The summed E-state index contributed by atoms with van der Waals surface area (Å²) in [6, 6.07) is 27.0. The van der Waals surface area contributed by atoms with E-state index in [0.717, 1.165) is 22.3 Å². The molecule has 0 unspecified atom stereocenters. The molecule has 4 aromatic rings. The predicted molar refractivity (Wildman–Crippen MR) is 128 cm³/mol. The summed E-state index contributed by atoms with van der Waals surface area (Å²) in [5.74, 6) is 0.258. The smallest absolute Gasteiger partial charge is 0.230 e. The van der Waals surface area contributed by atoms with Crippen molar-refractivity contribution in [2.24, 2.45) is 0 Å². The van der Waals surface area contributed by atoms with Gasteiger partial charge in [-0.3, -0.25) is 4.79 Å². The van der Waals surface area contributed by atoms with Crippen molar-refractivity contribution >= 4 is 23.9 Å². The zero-order chi connectivity index (χ0) is 22.2. The summed E-state index contributed by atoms with van der Waals surface area (Å²) in [4.78, 5) is 21.9. The summed E-state index contributed by atoms with van der Waals surface area (Å²) in [6.45, 7) is -0.0105. The van der Waals surface area contributed by atoms with Crippen LogP contribution in [0, 0.1) is 0 Å². The van der Waals surface area contributed by atoms with Crippen molar-refractivity contribution in [2.45, 2.75) is 13.0 Å². The van der Waals surface area contributed by atoms with Crippen molar-refractivity contribution in [1.29, 1.82) is 0 Å². The van der Waals surface area contributed by atoms with E-state index in [2.05, 4.69) is 10.3 Å². The summed E-state index contributed by atoms with van der Waals surface area (Å²) in [7, 11) is 0. The Morgan fingerprint density at radius 2 is 1.53 bits per heavy atom. The fraction of sp³-hybridized carbons (Fsp3) is 0.0741. The molecule has 32 heavy (non-hydrogen) atoms. The number of nitrogens with one attached hydrogen (secondary N) is 1. The van der Waals surface area contributed by atoms with Crippen LogP contribution in [0.3, 0.4) is 0 Å². The van der Waals surface area contributed by atoms with Gasteiger partial charge in [-0.15, -0.1) is 0 Å². The second-order valence-corrected chi connectivity index (χ2v) is 7.30. The number of aliphatic hydroxyl groups is 1. The Bertz CT molecular complexity index is 1200. The van der Waals surface area contributed by atoms with Crippen LogP contribution in [0.15, 0.2) is 91.1 Å². The molecular formula is C27H23N3O2. The lowest BCUT2D eigenvalue weighted by molar-refractivity contribution is -0.115. The van der Waals surface area contributed by atoms with Gasteiger partial charge in [0.25, 0.3) is 0 Å². The zero-order valence-electron chi connectivity index (χ0n) is 17.5. The number of benzene rings is 3. The Morgan fingerprint density at radius 3 is 2.22 bits per heavy atom. The number of carbonyl (C=O) groups is 1. The number of hydrogen-bond acceptors (Lipinski definition) is 4. The molecule has 0 aliphatic heterocycles. The van der Waals surface area contributed by atoms with Gasteiger partial charge in [0.15, 0.2) is 5.82 Å². The molecule has 2 N–H and O–H groups in total. The maximum atomic E-state index is 12.6. The first-order chi connectivity index (χ1) is 15.7. The Hall–Kier alpha value is -4.09. The van der Waals surface area contributed by atoms with Crippen LogP contribution < -0.4 is 5.32 Å². The molecule has 4 rings (SSSR count). The number of amides is 1. The lowest BCUT2D eigenvalue weighted by atomic mass is 10.1. The number of hydrogen-bond donors (Lipinski definition) is 2. The number of carbonyl (C=O) groups excluding carboxylic acids is 1. The van der Waals surface area contributed by atoms with E-state index >= 15 is 0 Å². The Kier molecular flexibility index (Phi) is 6.80. The van der Waals surface area contributed by atoms with Crippen molar-refractivity contribution in [3.8, 4) is 11.3 Å². The monoisotopic (exact) mass is 421 g/mol. The average molecular weight is 422 g/mol. The molecular weight excluding hydrogens is 398 g/mol. The Labute approximate surface area is 187 Å². The molecule has 0 saturated heterocycles. The largest absolute Gasteiger partial charge is 0.392 e. The number of rotatable bonds is 7. The molecule has 0 radical (unpaired) electrons. The van der Waals surface area contributed by atoms with Gasteiger partial charge >= 0.3 is 0 Å². The van der Waals surface area contributed by atoms with E-state index in [1.165, 1.54) is 0 Å². The normalized spacial score (nSPS) is 10.9. The van der Waals surface area contributed by atoms with Gasteiger partial charge in [-0.1, -0.05) is 91.0 Å². The minimum Gasteiger partial charge on any atom is -0.392 e.